The highest BCUT2D eigenvalue weighted by molar-refractivity contribution is 5.84. The Bertz CT molecular complexity index is 716. The van der Waals surface area contributed by atoms with Crippen molar-refractivity contribution in [3.05, 3.63) is 72.4 Å². The summed E-state index contributed by atoms with van der Waals surface area (Å²) in [5.41, 5.74) is 1.70. The zero-order valence-corrected chi connectivity index (χ0v) is 10.2. The summed E-state index contributed by atoms with van der Waals surface area (Å²) in [6, 6.07) is 18.3. The maximum Gasteiger partial charge on any atom is 0.331 e. The number of carbonyl (C=O) groups is 1. The van der Waals surface area contributed by atoms with Gasteiger partial charge < -0.3 is 9.67 Å². The molecule has 0 saturated carbocycles. The monoisotopic (exact) mass is 251 g/mol. The van der Waals surface area contributed by atoms with Gasteiger partial charge in [-0.25, -0.2) is 4.79 Å². The van der Waals surface area contributed by atoms with Gasteiger partial charge in [-0.15, -0.1) is 0 Å². The second-order valence-electron chi connectivity index (χ2n) is 4.43. The lowest BCUT2D eigenvalue weighted by Gasteiger charge is -2.16. The fourth-order valence-electron chi connectivity index (χ4n) is 2.39. The number of hydrogen-bond donors (Lipinski definition) is 1. The van der Waals surface area contributed by atoms with E-state index in [2.05, 4.69) is 0 Å². The Kier molecular flexibility index (Phi) is 2.80. The van der Waals surface area contributed by atoms with Crippen molar-refractivity contribution < 1.29 is 9.90 Å². The van der Waals surface area contributed by atoms with E-state index < -0.39 is 12.0 Å². The van der Waals surface area contributed by atoms with Crippen molar-refractivity contribution in [1.29, 1.82) is 0 Å². The Morgan fingerprint density at radius 1 is 0.947 bits per heavy atom. The number of aliphatic carboxylic acids is 1. The zero-order chi connectivity index (χ0) is 13.2. The number of carboxylic acids is 1. The van der Waals surface area contributed by atoms with Crippen LogP contribution in [0.4, 0.5) is 0 Å². The SMILES string of the molecule is O=C(O)C(c1ccccc1)n1ccc2ccccc21. The average molecular weight is 251 g/mol. The van der Waals surface area contributed by atoms with Crippen LogP contribution in [0.2, 0.25) is 0 Å². The van der Waals surface area contributed by atoms with E-state index in [1.165, 1.54) is 0 Å². The van der Waals surface area contributed by atoms with Gasteiger partial charge in [-0.2, -0.15) is 0 Å². The number of rotatable bonds is 3. The summed E-state index contributed by atoms with van der Waals surface area (Å²) in [6.45, 7) is 0. The molecular formula is C16H13NO2. The first-order chi connectivity index (χ1) is 9.27. The van der Waals surface area contributed by atoms with E-state index in [4.69, 9.17) is 0 Å². The number of para-hydroxylation sites is 1. The van der Waals surface area contributed by atoms with Gasteiger partial charge in [0.2, 0.25) is 0 Å². The van der Waals surface area contributed by atoms with Gasteiger partial charge in [-0.05, 0) is 23.1 Å². The maximum absolute atomic E-state index is 11.6. The number of hydrogen-bond acceptors (Lipinski definition) is 1. The number of fused-ring (bicyclic) bond motifs is 1. The summed E-state index contributed by atoms with van der Waals surface area (Å²) in [6.07, 6.45) is 1.83. The second kappa shape index (κ2) is 4.61. The van der Waals surface area contributed by atoms with Gasteiger partial charge in [-0.3, -0.25) is 0 Å². The number of aromatic nitrogens is 1. The molecule has 1 N–H and O–H groups in total. The van der Waals surface area contributed by atoms with Gasteiger partial charge >= 0.3 is 5.97 Å². The summed E-state index contributed by atoms with van der Waals surface area (Å²) >= 11 is 0. The van der Waals surface area contributed by atoms with Crippen LogP contribution < -0.4 is 0 Å². The summed E-state index contributed by atoms with van der Waals surface area (Å²) < 4.78 is 1.80. The van der Waals surface area contributed by atoms with E-state index in [-0.39, 0.29) is 0 Å². The van der Waals surface area contributed by atoms with Crippen molar-refractivity contribution in [2.75, 3.05) is 0 Å². The molecule has 3 nitrogen and oxygen atoms in total. The molecule has 0 aliphatic carbocycles. The summed E-state index contributed by atoms with van der Waals surface area (Å²) in [4.78, 5) is 11.6. The average Bonchev–Trinajstić information content (AvgIpc) is 2.84. The van der Waals surface area contributed by atoms with Crippen molar-refractivity contribution in [3.63, 3.8) is 0 Å². The van der Waals surface area contributed by atoms with Crippen molar-refractivity contribution in [2.45, 2.75) is 6.04 Å². The topological polar surface area (TPSA) is 42.2 Å². The molecule has 1 unspecified atom stereocenters. The third kappa shape index (κ3) is 1.99. The molecule has 0 radical (unpaired) electrons. The largest absolute Gasteiger partial charge is 0.479 e. The fourth-order valence-corrected chi connectivity index (χ4v) is 2.39. The standard InChI is InChI=1S/C16H13NO2/c18-16(19)15(13-7-2-1-3-8-13)17-11-10-12-6-4-5-9-14(12)17/h1-11,15H,(H,18,19). The first kappa shape index (κ1) is 11.5. The molecule has 1 aromatic heterocycles. The fraction of sp³-hybridized carbons (Fsp3) is 0.0625. The number of nitrogens with zero attached hydrogens (tertiary/aromatic N) is 1. The lowest BCUT2D eigenvalue weighted by atomic mass is 10.1. The molecule has 0 saturated heterocycles. The predicted octanol–water partition coefficient (Wildman–Crippen LogP) is 3.32. The third-order valence-electron chi connectivity index (χ3n) is 3.26. The van der Waals surface area contributed by atoms with Crippen LogP contribution in [0.5, 0.6) is 0 Å². The molecule has 0 amide bonds. The Morgan fingerprint density at radius 2 is 1.63 bits per heavy atom. The van der Waals surface area contributed by atoms with E-state index >= 15 is 0 Å². The Labute approximate surface area is 110 Å². The highest BCUT2D eigenvalue weighted by atomic mass is 16.4. The lowest BCUT2D eigenvalue weighted by Crippen LogP contribution is -2.19. The molecule has 0 aliphatic heterocycles. The Hall–Kier alpha value is -2.55. The molecule has 94 valence electrons. The van der Waals surface area contributed by atoms with Crippen LogP contribution in [0.25, 0.3) is 10.9 Å². The van der Waals surface area contributed by atoms with Crippen molar-refractivity contribution in [3.8, 4) is 0 Å². The zero-order valence-electron chi connectivity index (χ0n) is 10.2. The van der Waals surface area contributed by atoms with Gasteiger partial charge in [0.05, 0.1) is 0 Å². The first-order valence-corrected chi connectivity index (χ1v) is 6.11. The van der Waals surface area contributed by atoms with Gasteiger partial charge in [0.15, 0.2) is 6.04 Å². The van der Waals surface area contributed by atoms with Gasteiger partial charge in [0, 0.05) is 11.7 Å². The molecule has 1 atom stereocenters. The molecule has 3 rings (SSSR count). The molecule has 3 aromatic rings. The molecule has 0 spiro atoms. The van der Waals surface area contributed by atoms with Gasteiger partial charge in [0.1, 0.15) is 0 Å². The van der Waals surface area contributed by atoms with Crippen LogP contribution >= 0.6 is 0 Å². The van der Waals surface area contributed by atoms with Crippen LogP contribution in [0.1, 0.15) is 11.6 Å². The Morgan fingerprint density at radius 3 is 2.37 bits per heavy atom. The normalized spacial score (nSPS) is 12.4. The van der Waals surface area contributed by atoms with E-state index in [0.717, 1.165) is 16.5 Å². The first-order valence-electron chi connectivity index (χ1n) is 6.11. The minimum absolute atomic E-state index is 0.693. The highest BCUT2D eigenvalue weighted by Gasteiger charge is 2.22. The molecule has 0 bridgehead atoms. The summed E-state index contributed by atoms with van der Waals surface area (Å²) in [5.74, 6) is -0.854. The van der Waals surface area contributed by atoms with Crippen LogP contribution in [0, 0.1) is 0 Å². The quantitative estimate of drug-likeness (QED) is 0.776. The van der Waals surface area contributed by atoms with Crippen LogP contribution in [-0.4, -0.2) is 15.6 Å². The minimum atomic E-state index is -0.854. The molecule has 1 heterocycles. The van der Waals surface area contributed by atoms with Crippen molar-refractivity contribution in [1.82, 2.24) is 4.57 Å². The highest BCUT2D eigenvalue weighted by Crippen LogP contribution is 2.25. The molecule has 2 aromatic carbocycles. The van der Waals surface area contributed by atoms with Crippen LogP contribution in [-0.2, 0) is 4.79 Å². The second-order valence-corrected chi connectivity index (χ2v) is 4.43. The van der Waals surface area contributed by atoms with Crippen molar-refractivity contribution in [2.24, 2.45) is 0 Å². The molecule has 3 heteroatoms. The summed E-state index contributed by atoms with van der Waals surface area (Å²) in [5, 5.41) is 10.6. The van der Waals surface area contributed by atoms with E-state index in [1.54, 1.807) is 4.57 Å². The van der Waals surface area contributed by atoms with Crippen LogP contribution in [0.15, 0.2) is 66.9 Å². The lowest BCUT2D eigenvalue weighted by molar-refractivity contribution is -0.139. The molecular weight excluding hydrogens is 238 g/mol. The third-order valence-corrected chi connectivity index (χ3v) is 3.26. The minimum Gasteiger partial charge on any atom is -0.479 e. The smallest absolute Gasteiger partial charge is 0.331 e. The van der Waals surface area contributed by atoms with Gasteiger partial charge in [-0.1, -0.05) is 48.5 Å². The van der Waals surface area contributed by atoms with E-state index in [9.17, 15) is 9.90 Å². The van der Waals surface area contributed by atoms with Crippen molar-refractivity contribution >= 4 is 16.9 Å². The van der Waals surface area contributed by atoms with E-state index in [1.807, 2.05) is 66.9 Å². The number of benzene rings is 2. The molecule has 0 fully saturated rings. The summed E-state index contributed by atoms with van der Waals surface area (Å²) in [7, 11) is 0. The van der Waals surface area contributed by atoms with Crippen LogP contribution in [0.3, 0.4) is 0 Å². The predicted molar refractivity (Wildman–Crippen MR) is 74.2 cm³/mol. The maximum atomic E-state index is 11.6. The van der Waals surface area contributed by atoms with E-state index in [0.29, 0.717) is 0 Å². The molecule has 19 heavy (non-hydrogen) atoms. The molecule has 0 aliphatic rings. The van der Waals surface area contributed by atoms with Gasteiger partial charge in [0.25, 0.3) is 0 Å². The Balaban J connectivity index is 2.18. The number of carboxylic acid groups (broad SMARTS) is 1.